The molecule has 1 heterocycles. The summed E-state index contributed by atoms with van der Waals surface area (Å²) in [7, 11) is 2.11. The zero-order valence-corrected chi connectivity index (χ0v) is 9.39. The molecule has 76 valence electrons. The molecule has 2 heteroatoms. The van der Waals surface area contributed by atoms with Gasteiger partial charge in [-0.2, -0.15) is 0 Å². The van der Waals surface area contributed by atoms with Gasteiger partial charge in [0.2, 0.25) is 0 Å². The molecule has 1 aliphatic rings. The smallest absolute Gasteiger partial charge is 0.0594 e. The molecule has 0 N–H and O–H groups in total. The van der Waals surface area contributed by atoms with Crippen molar-refractivity contribution in [3.8, 4) is 0 Å². The van der Waals surface area contributed by atoms with Gasteiger partial charge in [0.15, 0.2) is 0 Å². The van der Waals surface area contributed by atoms with Crippen molar-refractivity contribution >= 4 is 0 Å². The highest BCUT2D eigenvalue weighted by atomic mass is 16.5. The average molecular weight is 175 g/mol. The lowest BCUT2D eigenvalue weighted by atomic mass is 10.5. The predicted octanol–water partition coefficient (Wildman–Crippen LogP) is 2.39. The van der Waals surface area contributed by atoms with Gasteiger partial charge in [0, 0.05) is 13.1 Å². The summed E-state index contributed by atoms with van der Waals surface area (Å²) in [4.78, 5) is 2.27. The molecule has 0 radical (unpaired) electrons. The molecule has 0 spiro atoms. The van der Waals surface area contributed by atoms with E-state index >= 15 is 0 Å². The van der Waals surface area contributed by atoms with E-state index in [1.165, 1.54) is 6.42 Å². The van der Waals surface area contributed by atoms with Crippen molar-refractivity contribution in [1.82, 2.24) is 4.90 Å². The number of likely N-dealkylation sites (N-methyl/N-ethyl adjacent to an activating group) is 1. The molecule has 0 atom stereocenters. The third-order valence-electron chi connectivity index (χ3n) is 1.23. The fourth-order valence-electron chi connectivity index (χ4n) is 0.655. The summed E-state index contributed by atoms with van der Waals surface area (Å²) in [6.07, 6.45) is 1.25. The Kier molecular flexibility index (Phi) is 16.3. The Bertz CT molecular complexity index is 60.9. The summed E-state index contributed by atoms with van der Waals surface area (Å²) in [6, 6.07) is 0. The summed E-state index contributed by atoms with van der Waals surface area (Å²) in [6.45, 7) is 12.3. The maximum atomic E-state index is 5.10. The summed E-state index contributed by atoms with van der Waals surface area (Å²) in [5.41, 5.74) is 0. The molecule has 1 saturated heterocycles. The zero-order chi connectivity index (χ0) is 9.82. The minimum atomic E-state index is 0.913. The van der Waals surface area contributed by atoms with Gasteiger partial charge >= 0.3 is 0 Å². The van der Waals surface area contributed by atoms with E-state index < -0.39 is 0 Å². The van der Waals surface area contributed by atoms with E-state index in [-0.39, 0.29) is 0 Å². The Labute approximate surface area is 77.9 Å². The van der Waals surface area contributed by atoms with E-state index in [0.29, 0.717) is 0 Å². The number of nitrogens with zero attached hydrogens (tertiary/aromatic N) is 1. The Balaban J connectivity index is 0. The maximum Gasteiger partial charge on any atom is 0.0594 e. The van der Waals surface area contributed by atoms with Crippen LogP contribution in [0.4, 0.5) is 0 Å². The monoisotopic (exact) mass is 175 g/mol. The first-order valence-corrected chi connectivity index (χ1v) is 5.07. The SMILES string of the molecule is CC.CCC.CN1CCOCC1. The van der Waals surface area contributed by atoms with Crippen LogP contribution in [-0.2, 0) is 4.74 Å². The second kappa shape index (κ2) is 13.5. The molecule has 0 unspecified atom stereocenters. The van der Waals surface area contributed by atoms with Gasteiger partial charge in [-0.05, 0) is 7.05 Å². The van der Waals surface area contributed by atoms with Crippen LogP contribution in [0, 0.1) is 0 Å². The number of rotatable bonds is 0. The van der Waals surface area contributed by atoms with Crippen molar-refractivity contribution in [2.75, 3.05) is 33.4 Å². The molecule has 0 amide bonds. The van der Waals surface area contributed by atoms with Crippen LogP contribution in [0.3, 0.4) is 0 Å². The molecule has 0 saturated carbocycles. The van der Waals surface area contributed by atoms with Gasteiger partial charge in [0.25, 0.3) is 0 Å². The molecule has 1 aliphatic heterocycles. The van der Waals surface area contributed by atoms with Gasteiger partial charge in [0.1, 0.15) is 0 Å². The van der Waals surface area contributed by atoms with Crippen molar-refractivity contribution in [2.45, 2.75) is 34.1 Å². The lowest BCUT2D eigenvalue weighted by molar-refractivity contribution is 0.0503. The van der Waals surface area contributed by atoms with Crippen molar-refractivity contribution in [3.05, 3.63) is 0 Å². The molecule has 0 aromatic carbocycles. The van der Waals surface area contributed by atoms with E-state index in [9.17, 15) is 0 Å². The standard InChI is InChI=1S/C5H11NO.C3H8.C2H6/c1-6-2-4-7-5-3-6;1-3-2;1-2/h2-5H2,1H3;3H2,1-2H3;1-2H3. The van der Waals surface area contributed by atoms with E-state index in [1.807, 2.05) is 13.8 Å². The topological polar surface area (TPSA) is 12.5 Å². The molecule has 12 heavy (non-hydrogen) atoms. The number of hydrogen-bond acceptors (Lipinski definition) is 2. The van der Waals surface area contributed by atoms with Gasteiger partial charge in [-0.3, -0.25) is 0 Å². The molecule has 1 fully saturated rings. The summed E-state index contributed by atoms with van der Waals surface area (Å²) < 4.78 is 5.10. The predicted molar refractivity (Wildman–Crippen MR) is 55.6 cm³/mol. The second-order valence-corrected chi connectivity index (χ2v) is 2.62. The summed E-state index contributed by atoms with van der Waals surface area (Å²) in [5, 5.41) is 0. The van der Waals surface area contributed by atoms with E-state index in [4.69, 9.17) is 4.74 Å². The minimum absolute atomic E-state index is 0.913. The lowest BCUT2D eigenvalue weighted by Crippen LogP contribution is -2.32. The largest absolute Gasteiger partial charge is 0.379 e. The summed E-state index contributed by atoms with van der Waals surface area (Å²) >= 11 is 0. The first-order valence-electron chi connectivity index (χ1n) is 5.07. The molecule has 0 aromatic rings. The highest BCUT2D eigenvalue weighted by Gasteiger charge is 2.02. The van der Waals surface area contributed by atoms with E-state index in [0.717, 1.165) is 26.3 Å². The van der Waals surface area contributed by atoms with Gasteiger partial charge < -0.3 is 9.64 Å². The van der Waals surface area contributed by atoms with Crippen LogP contribution in [0.15, 0.2) is 0 Å². The second-order valence-electron chi connectivity index (χ2n) is 2.62. The molecule has 1 rings (SSSR count). The van der Waals surface area contributed by atoms with Crippen LogP contribution in [0.1, 0.15) is 34.1 Å². The third-order valence-corrected chi connectivity index (χ3v) is 1.23. The molecule has 0 aliphatic carbocycles. The number of hydrogen-bond donors (Lipinski definition) is 0. The van der Waals surface area contributed by atoms with Crippen LogP contribution in [0.2, 0.25) is 0 Å². The van der Waals surface area contributed by atoms with Gasteiger partial charge in [-0.1, -0.05) is 34.1 Å². The molecule has 0 bridgehead atoms. The van der Waals surface area contributed by atoms with Crippen molar-refractivity contribution in [2.24, 2.45) is 0 Å². The lowest BCUT2D eigenvalue weighted by Gasteiger charge is -2.21. The van der Waals surface area contributed by atoms with Gasteiger partial charge in [0.05, 0.1) is 13.2 Å². The normalized spacial score (nSPS) is 16.8. The van der Waals surface area contributed by atoms with Crippen LogP contribution in [-0.4, -0.2) is 38.3 Å². The van der Waals surface area contributed by atoms with Crippen molar-refractivity contribution in [1.29, 1.82) is 0 Å². The maximum absolute atomic E-state index is 5.10. The molecule has 2 nitrogen and oxygen atoms in total. The highest BCUT2D eigenvalue weighted by molar-refractivity contribution is 4.53. The summed E-state index contributed by atoms with van der Waals surface area (Å²) in [5.74, 6) is 0. The zero-order valence-electron chi connectivity index (χ0n) is 9.39. The molecular weight excluding hydrogens is 150 g/mol. The first-order chi connectivity index (χ1) is 5.81. The average Bonchev–Trinajstić information content (AvgIpc) is 2.11. The fraction of sp³-hybridized carbons (Fsp3) is 1.00. The fourth-order valence-corrected chi connectivity index (χ4v) is 0.655. The van der Waals surface area contributed by atoms with Gasteiger partial charge in [-0.25, -0.2) is 0 Å². The Hall–Kier alpha value is -0.0800. The first kappa shape index (κ1) is 14.4. The third kappa shape index (κ3) is 12.6. The van der Waals surface area contributed by atoms with E-state index in [2.05, 4.69) is 25.8 Å². The van der Waals surface area contributed by atoms with Crippen LogP contribution < -0.4 is 0 Å². The van der Waals surface area contributed by atoms with Crippen LogP contribution in [0.5, 0.6) is 0 Å². The van der Waals surface area contributed by atoms with Crippen molar-refractivity contribution in [3.63, 3.8) is 0 Å². The Morgan fingerprint density at radius 3 is 1.58 bits per heavy atom. The van der Waals surface area contributed by atoms with Gasteiger partial charge in [-0.15, -0.1) is 0 Å². The van der Waals surface area contributed by atoms with E-state index in [1.54, 1.807) is 0 Å². The Morgan fingerprint density at radius 2 is 1.42 bits per heavy atom. The highest BCUT2D eigenvalue weighted by Crippen LogP contribution is 1.89. The quantitative estimate of drug-likeness (QED) is 0.560. The number of ether oxygens (including phenoxy) is 1. The van der Waals surface area contributed by atoms with Crippen LogP contribution in [0.25, 0.3) is 0 Å². The number of morpholine rings is 1. The van der Waals surface area contributed by atoms with Crippen molar-refractivity contribution < 1.29 is 4.74 Å². The molecular formula is C10H25NO. The molecule has 0 aromatic heterocycles. The minimum Gasteiger partial charge on any atom is -0.379 e. The Morgan fingerprint density at radius 1 is 1.08 bits per heavy atom. The van der Waals surface area contributed by atoms with Crippen LogP contribution >= 0.6 is 0 Å².